The lowest BCUT2D eigenvalue weighted by molar-refractivity contribution is -0.145. The molecule has 0 amide bonds. The molecule has 12 nitrogen and oxygen atoms in total. The van der Waals surface area contributed by atoms with Crippen LogP contribution in [0, 0.1) is 23.7 Å². The number of benzene rings is 4. The van der Waals surface area contributed by atoms with E-state index in [1.165, 1.54) is 33.8 Å². The van der Waals surface area contributed by atoms with Gasteiger partial charge in [0.2, 0.25) is 0 Å². The van der Waals surface area contributed by atoms with E-state index in [0.29, 0.717) is 33.0 Å². The minimum absolute atomic E-state index is 0. The molecule has 20 heteroatoms. The number of rotatable bonds is 12. The molecule has 0 aliphatic rings. The molecule has 4 atom stereocenters. The fraction of sp³-hybridized carbons (Fsp3) is 0.238. The Bertz CT molecular complexity index is 2050. The van der Waals surface area contributed by atoms with Crippen molar-refractivity contribution in [2.45, 2.75) is 66.0 Å². The van der Waals surface area contributed by atoms with Crippen LogP contribution >= 0.6 is 109 Å². The number of carboxylic acid groups (broad SMARTS) is 4. The third kappa shape index (κ3) is 26.5. The van der Waals surface area contributed by atoms with Crippen molar-refractivity contribution in [3.05, 3.63) is 115 Å². The van der Waals surface area contributed by atoms with Gasteiger partial charge in [-0.1, -0.05) is 51.0 Å². The van der Waals surface area contributed by atoms with Gasteiger partial charge in [0.25, 0.3) is 0 Å². The largest absolute Gasteiger partial charge is 0.479 e. The summed E-state index contributed by atoms with van der Waals surface area (Å²) in [6, 6.07) is 23.9. The number of carbonyl (C=O) groups is 4. The Morgan fingerprint density at radius 2 is 0.839 bits per heavy atom. The van der Waals surface area contributed by atoms with E-state index >= 15 is 0 Å². The van der Waals surface area contributed by atoms with Gasteiger partial charge in [-0.15, -0.1) is 11.8 Å². The first kappa shape index (κ1) is 64.6. The van der Waals surface area contributed by atoms with Crippen LogP contribution in [0.1, 0.15) is 52.7 Å². The second-order valence-corrected chi connectivity index (χ2v) is 13.9. The number of halogens is 4. The fourth-order valence-electron chi connectivity index (χ4n) is 3.65. The summed E-state index contributed by atoms with van der Waals surface area (Å²) in [6.07, 6.45) is -3.44. The highest BCUT2D eigenvalue weighted by Crippen LogP contribution is 2.29. The number of hydrogen-bond donors (Lipinski definition) is 4. The highest BCUT2D eigenvalue weighted by Gasteiger charge is 2.15. The van der Waals surface area contributed by atoms with E-state index < -0.39 is 48.3 Å². The van der Waals surface area contributed by atoms with Crippen molar-refractivity contribution < 1.29 is 58.6 Å². The monoisotopic (exact) mass is 1100 g/mol. The summed E-state index contributed by atoms with van der Waals surface area (Å²) in [7, 11) is 0. The second kappa shape index (κ2) is 34.5. The van der Waals surface area contributed by atoms with Crippen LogP contribution in [0.3, 0.4) is 0 Å². The molecule has 0 fully saturated rings. The van der Waals surface area contributed by atoms with Crippen molar-refractivity contribution in [3.8, 4) is 46.7 Å². The molecule has 0 saturated heterocycles. The molecule has 4 rings (SSSR count). The predicted molar refractivity (Wildman–Crippen MR) is 269 cm³/mol. The maximum atomic E-state index is 10.5. The van der Waals surface area contributed by atoms with Crippen LogP contribution in [-0.2, 0) is 19.2 Å². The summed E-state index contributed by atoms with van der Waals surface area (Å²) in [4.78, 5) is 42.1. The maximum absolute atomic E-state index is 10.5. The third-order valence-electron chi connectivity index (χ3n) is 6.67. The average molecular weight is 1100 g/mol. The zero-order valence-electron chi connectivity index (χ0n) is 34.0. The standard InChI is InChI=1S/2C12H12O3.C9H8Br2O3.C9H8Cl2O3.4H2S/c2*1-3-4-10-5-7-11(8-6-10)15-9(2)12(13)14;1-5(9(12)13)14-8-3-2-6(10)4-7(8)11;1-5(9(12)13)14-6-2-3-7(10)8(11)4-6;;;;/h2*5-9H,1-2H3,(H,13,14);2*2-5H,1H3,(H,12,13);4*1H2/t2*9-;2*5-;;;;/m0000..../s1. The van der Waals surface area contributed by atoms with Crippen molar-refractivity contribution in [2.24, 2.45) is 0 Å². The van der Waals surface area contributed by atoms with E-state index in [4.69, 9.17) is 62.6 Å². The van der Waals surface area contributed by atoms with Crippen molar-refractivity contribution >= 4 is 133 Å². The van der Waals surface area contributed by atoms with Crippen LogP contribution in [0.2, 0.25) is 10.0 Å². The molecule has 0 saturated carbocycles. The first-order valence-corrected chi connectivity index (χ1v) is 19.2. The average Bonchev–Trinajstić information content (AvgIpc) is 3.16. The third-order valence-corrected chi connectivity index (χ3v) is 8.52. The van der Waals surface area contributed by atoms with Gasteiger partial charge in [-0.2, -0.15) is 54.0 Å². The molecule has 0 spiro atoms. The number of carboxylic acids is 4. The topological polar surface area (TPSA) is 186 Å². The summed E-state index contributed by atoms with van der Waals surface area (Å²) in [5, 5.41) is 35.2. The summed E-state index contributed by atoms with van der Waals surface area (Å²) in [5.41, 5.74) is 1.76. The lowest BCUT2D eigenvalue weighted by Gasteiger charge is -2.11. The van der Waals surface area contributed by atoms with Crippen molar-refractivity contribution in [1.29, 1.82) is 0 Å². The van der Waals surface area contributed by atoms with E-state index in [1.807, 2.05) is 0 Å². The predicted octanol–water partition coefficient (Wildman–Crippen LogP) is 10.2. The van der Waals surface area contributed by atoms with Crippen LogP contribution in [0.15, 0.2) is 93.9 Å². The quantitative estimate of drug-likeness (QED) is 0.0986. The zero-order valence-corrected chi connectivity index (χ0v) is 42.6. The first-order valence-electron chi connectivity index (χ1n) is 16.8. The summed E-state index contributed by atoms with van der Waals surface area (Å²) < 4.78 is 22.2. The van der Waals surface area contributed by atoms with Gasteiger partial charge in [0, 0.05) is 21.7 Å². The Morgan fingerprint density at radius 3 is 1.16 bits per heavy atom. The SMILES string of the molecule is CC#Cc1ccc(O[C@@H](C)C(=O)O)cc1.CC#Cc1ccc(O[C@@H](C)C(=O)O)cc1.C[C@H](Oc1ccc(Br)cc1Br)C(=O)O.C[C@H](Oc1ccc(Cl)c(Cl)c1)C(=O)O.S.S.S.S. The highest BCUT2D eigenvalue weighted by molar-refractivity contribution is 9.11. The van der Waals surface area contributed by atoms with E-state index in [9.17, 15) is 19.2 Å². The second-order valence-electron chi connectivity index (χ2n) is 11.3. The molecule has 0 aliphatic heterocycles. The summed E-state index contributed by atoms with van der Waals surface area (Å²) in [5.74, 6) is 9.32. The molecule has 4 N–H and O–H groups in total. The molecule has 0 heterocycles. The Kier molecular flexibility index (Phi) is 36.0. The lowest BCUT2D eigenvalue weighted by atomic mass is 10.2. The summed E-state index contributed by atoms with van der Waals surface area (Å²) >= 11 is 18.0. The van der Waals surface area contributed by atoms with E-state index in [2.05, 4.69) is 55.5 Å². The molecule has 340 valence electrons. The maximum Gasteiger partial charge on any atom is 0.344 e. The Morgan fingerprint density at radius 1 is 0.500 bits per heavy atom. The van der Waals surface area contributed by atoms with Gasteiger partial charge in [0.1, 0.15) is 23.0 Å². The van der Waals surface area contributed by atoms with Gasteiger partial charge in [0.15, 0.2) is 24.4 Å². The highest BCUT2D eigenvalue weighted by atomic mass is 79.9. The van der Waals surface area contributed by atoms with E-state index in [-0.39, 0.29) is 54.0 Å². The minimum atomic E-state index is -1.03. The van der Waals surface area contributed by atoms with Gasteiger partial charge in [-0.25, -0.2) is 19.2 Å². The molecule has 4 aromatic rings. The zero-order chi connectivity index (χ0) is 43.9. The van der Waals surface area contributed by atoms with Crippen molar-refractivity contribution in [3.63, 3.8) is 0 Å². The number of ether oxygens (including phenoxy) is 4. The van der Waals surface area contributed by atoms with Gasteiger partial charge in [-0.3, -0.25) is 0 Å². The van der Waals surface area contributed by atoms with Gasteiger partial charge >= 0.3 is 23.9 Å². The molecule has 4 aromatic carbocycles. The first-order chi connectivity index (χ1) is 27.3. The van der Waals surface area contributed by atoms with Crippen LogP contribution in [0.25, 0.3) is 0 Å². The number of aliphatic carboxylic acids is 4. The Balaban J connectivity index is -0.000000354. The molecule has 0 bridgehead atoms. The smallest absolute Gasteiger partial charge is 0.344 e. The molecular weight excluding hydrogens is 1060 g/mol. The Labute approximate surface area is 416 Å². The van der Waals surface area contributed by atoms with E-state index in [1.54, 1.807) is 92.7 Å². The minimum Gasteiger partial charge on any atom is -0.479 e. The molecule has 0 unspecified atom stereocenters. The van der Waals surface area contributed by atoms with Gasteiger partial charge in [0.05, 0.1) is 14.5 Å². The number of hydrogen-bond acceptors (Lipinski definition) is 8. The van der Waals surface area contributed by atoms with Crippen LogP contribution in [0.5, 0.6) is 23.0 Å². The van der Waals surface area contributed by atoms with Crippen LogP contribution in [-0.4, -0.2) is 68.7 Å². The molecule has 0 radical (unpaired) electrons. The van der Waals surface area contributed by atoms with Crippen LogP contribution in [0.4, 0.5) is 0 Å². The molecule has 0 aliphatic carbocycles. The lowest BCUT2D eigenvalue weighted by Crippen LogP contribution is -2.22. The van der Waals surface area contributed by atoms with E-state index in [0.717, 1.165) is 20.1 Å². The fourth-order valence-corrected chi connectivity index (χ4v) is 5.08. The normalized spacial score (nSPS) is 10.9. The van der Waals surface area contributed by atoms with Gasteiger partial charge in [-0.05, 0) is 136 Å². The van der Waals surface area contributed by atoms with Crippen molar-refractivity contribution in [2.75, 3.05) is 0 Å². The molecular formula is C42H48Br2Cl2O12S4. The summed E-state index contributed by atoms with van der Waals surface area (Å²) in [6.45, 7) is 9.42. The van der Waals surface area contributed by atoms with Gasteiger partial charge < -0.3 is 39.4 Å². The molecule has 62 heavy (non-hydrogen) atoms. The van der Waals surface area contributed by atoms with Crippen LogP contribution < -0.4 is 18.9 Å². The van der Waals surface area contributed by atoms with Crippen molar-refractivity contribution in [1.82, 2.24) is 0 Å². The Hall–Kier alpha value is -3.98. The molecule has 0 aromatic heterocycles.